The van der Waals surface area contributed by atoms with E-state index in [0.29, 0.717) is 18.3 Å². The molecular weight excluding hydrogens is 386 g/mol. The smallest absolute Gasteiger partial charge is 0.245 e. The number of hydrogen-bond acceptors (Lipinski definition) is 3. The van der Waals surface area contributed by atoms with Crippen molar-refractivity contribution in [1.82, 2.24) is 15.1 Å². The minimum atomic E-state index is -0.127. The molecule has 31 heavy (non-hydrogen) atoms. The summed E-state index contributed by atoms with van der Waals surface area (Å²) in [5, 5.41) is 7.40. The summed E-state index contributed by atoms with van der Waals surface area (Å²) in [6.45, 7) is 7.21. The second-order valence-electron chi connectivity index (χ2n) is 9.13. The van der Waals surface area contributed by atoms with E-state index in [0.717, 1.165) is 55.7 Å². The lowest BCUT2D eigenvalue weighted by atomic mass is 9.86. The molecule has 1 unspecified atom stereocenters. The second kappa shape index (κ2) is 9.63. The van der Waals surface area contributed by atoms with Crippen LogP contribution in [0.2, 0.25) is 0 Å². The second-order valence-corrected chi connectivity index (χ2v) is 9.13. The molecule has 0 bridgehead atoms. The maximum atomic E-state index is 12.8. The van der Waals surface area contributed by atoms with Crippen molar-refractivity contribution in [3.05, 3.63) is 65.5 Å². The largest absolute Gasteiger partial charge is 0.339 e. The van der Waals surface area contributed by atoms with Gasteiger partial charge in [0.15, 0.2) is 0 Å². The van der Waals surface area contributed by atoms with Gasteiger partial charge in [-0.3, -0.25) is 14.7 Å². The van der Waals surface area contributed by atoms with Gasteiger partial charge in [0.2, 0.25) is 5.91 Å². The van der Waals surface area contributed by atoms with E-state index in [1.165, 1.54) is 24.5 Å². The molecule has 2 heterocycles. The molecule has 1 aliphatic heterocycles. The van der Waals surface area contributed by atoms with Crippen molar-refractivity contribution in [3.8, 4) is 0 Å². The van der Waals surface area contributed by atoms with Crippen LogP contribution in [0, 0.1) is 0 Å². The molecule has 4 rings (SSSR count). The van der Waals surface area contributed by atoms with Crippen molar-refractivity contribution < 1.29 is 9.59 Å². The maximum absolute atomic E-state index is 12.8. The summed E-state index contributed by atoms with van der Waals surface area (Å²) in [6.07, 6.45) is 8.43. The highest BCUT2D eigenvalue weighted by molar-refractivity contribution is 5.87. The number of nitrogens with one attached hydrogen (secondary N) is 1. The average Bonchev–Trinajstić information content (AvgIpc) is 3.52. The number of ketones is 1. The van der Waals surface area contributed by atoms with Crippen molar-refractivity contribution in [3.63, 3.8) is 0 Å². The number of Topliss-reactive ketones (excluding diaryl/α,β-unsaturated/α-hetero) is 1. The third-order valence-corrected chi connectivity index (χ3v) is 6.85. The third kappa shape index (κ3) is 5.33. The fourth-order valence-corrected chi connectivity index (χ4v) is 4.64. The molecule has 1 saturated heterocycles. The van der Waals surface area contributed by atoms with E-state index < -0.39 is 0 Å². The number of amides is 1. The molecule has 2 aliphatic rings. The Bertz CT molecular complexity index is 916. The SMILES string of the molecule is C=CC(=O)N1CCCC(c2ccc(C(C)C(=O)Cc3cc(C4CC4)n[nH]3)cc2)CCC1. The van der Waals surface area contributed by atoms with Crippen LogP contribution in [0.25, 0.3) is 0 Å². The molecule has 0 spiro atoms. The third-order valence-electron chi connectivity index (χ3n) is 6.85. The summed E-state index contributed by atoms with van der Waals surface area (Å²) < 4.78 is 0. The number of rotatable bonds is 7. The normalized spacial score (nSPS) is 18.8. The van der Waals surface area contributed by atoms with Gasteiger partial charge in [-0.05, 0) is 67.7 Å². The summed E-state index contributed by atoms with van der Waals surface area (Å²) in [7, 11) is 0. The highest BCUT2D eigenvalue weighted by Gasteiger charge is 2.27. The van der Waals surface area contributed by atoms with Crippen LogP contribution in [0.1, 0.15) is 85.7 Å². The lowest BCUT2D eigenvalue weighted by molar-refractivity contribution is -0.126. The molecular formula is C26H33N3O2. The zero-order valence-electron chi connectivity index (χ0n) is 18.5. The van der Waals surface area contributed by atoms with E-state index in [4.69, 9.17) is 0 Å². The monoisotopic (exact) mass is 419 g/mol. The van der Waals surface area contributed by atoms with E-state index in [1.807, 2.05) is 11.8 Å². The minimum Gasteiger partial charge on any atom is -0.339 e. The van der Waals surface area contributed by atoms with E-state index in [-0.39, 0.29) is 17.6 Å². The highest BCUT2D eigenvalue weighted by atomic mass is 16.2. The minimum absolute atomic E-state index is 0.0420. The van der Waals surface area contributed by atoms with Crippen LogP contribution >= 0.6 is 0 Å². The fourth-order valence-electron chi connectivity index (χ4n) is 4.64. The number of likely N-dealkylation sites (tertiary alicyclic amines) is 1. The molecule has 5 heteroatoms. The predicted octanol–water partition coefficient (Wildman–Crippen LogP) is 4.87. The Morgan fingerprint density at radius 2 is 1.81 bits per heavy atom. The standard InChI is InChI=1S/C26H33N3O2/c1-3-26(31)29-14-4-6-20(7-5-15-29)21-10-8-19(9-11-21)18(2)25(30)17-23-16-24(28-27-23)22-12-13-22/h3,8-11,16,18,20,22H,1,4-7,12-15,17H2,2H3,(H,27,28). The van der Waals surface area contributed by atoms with Crippen LogP contribution in [-0.2, 0) is 16.0 Å². The Kier molecular flexibility index (Phi) is 6.69. The summed E-state index contributed by atoms with van der Waals surface area (Å²) in [5.41, 5.74) is 4.45. The Hall–Kier alpha value is -2.69. The average molecular weight is 420 g/mol. The van der Waals surface area contributed by atoms with Gasteiger partial charge in [0.05, 0.1) is 5.69 Å². The number of aromatic nitrogens is 2. The van der Waals surface area contributed by atoms with Gasteiger partial charge in [0.25, 0.3) is 0 Å². The number of H-pyrrole nitrogens is 1. The first-order chi connectivity index (χ1) is 15.0. The quantitative estimate of drug-likeness (QED) is 0.651. The van der Waals surface area contributed by atoms with Gasteiger partial charge in [0, 0.05) is 37.0 Å². The van der Waals surface area contributed by atoms with Gasteiger partial charge in [0.1, 0.15) is 5.78 Å². The molecule has 1 aromatic heterocycles. The zero-order chi connectivity index (χ0) is 21.8. The Labute approximate surface area is 184 Å². The fraction of sp³-hybridized carbons (Fsp3) is 0.500. The van der Waals surface area contributed by atoms with Crippen molar-refractivity contribution in [2.24, 2.45) is 0 Å². The summed E-state index contributed by atoms with van der Waals surface area (Å²) in [4.78, 5) is 26.6. The molecule has 0 radical (unpaired) electrons. The van der Waals surface area contributed by atoms with Crippen LogP contribution in [0.5, 0.6) is 0 Å². The van der Waals surface area contributed by atoms with E-state index in [9.17, 15) is 9.59 Å². The van der Waals surface area contributed by atoms with Crippen molar-refractivity contribution in [1.29, 1.82) is 0 Å². The molecule has 1 N–H and O–H groups in total. The Morgan fingerprint density at radius 1 is 1.13 bits per heavy atom. The molecule has 1 atom stereocenters. The van der Waals surface area contributed by atoms with Gasteiger partial charge in [-0.2, -0.15) is 5.10 Å². The first kappa shape index (κ1) is 21.5. The number of hydrogen-bond donors (Lipinski definition) is 1. The van der Waals surface area contributed by atoms with E-state index in [2.05, 4.69) is 47.1 Å². The lowest BCUT2D eigenvalue weighted by Crippen LogP contribution is -2.33. The van der Waals surface area contributed by atoms with Crippen molar-refractivity contribution in [2.45, 2.75) is 69.6 Å². The molecule has 1 amide bonds. The Balaban J connectivity index is 1.33. The molecule has 1 saturated carbocycles. The number of aromatic amines is 1. The zero-order valence-corrected chi connectivity index (χ0v) is 18.5. The van der Waals surface area contributed by atoms with Gasteiger partial charge in [-0.25, -0.2) is 0 Å². The topological polar surface area (TPSA) is 66.1 Å². The van der Waals surface area contributed by atoms with Crippen LogP contribution in [0.4, 0.5) is 0 Å². The van der Waals surface area contributed by atoms with Gasteiger partial charge in [-0.1, -0.05) is 37.8 Å². The van der Waals surface area contributed by atoms with Crippen LogP contribution < -0.4 is 0 Å². The highest BCUT2D eigenvalue weighted by Crippen LogP contribution is 2.39. The van der Waals surface area contributed by atoms with Gasteiger partial charge in [-0.15, -0.1) is 0 Å². The van der Waals surface area contributed by atoms with Crippen LogP contribution in [0.15, 0.2) is 43.0 Å². The van der Waals surface area contributed by atoms with Gasteiger partial charge < -0.3 is 4.90 Å². The van der Waals surface area contributed by atoms with Gasteiger partial charge >= 0.3 is 0 Å². The van der Waals surface area contributed by atoms with Crippen LogP contribution in [-0.4, -0.2) is 39.9 Å². The molecule has 1 aliphatic carbocycles. The lowest BCUT2D eigenvalue weighted by Gasteiger charge is -2.27. The molecule has 164 valence electrons. The number of nitrogens with zero attached hydrogens (tertiary/aromatic N) is 2. The van der Waals surface area contributed by atoms with Crippen molar-refractivity contribution in [2.75, 3.05) is 13.1 Å². The molecule has 1 aromatic carbocycles. The molecule has 5 nitrogen and oxygen atoms in total. The maximum Gasteiger partial charge on any atom is 0.245 e. The number of carbonyl (C=O) groups is 2. The Morgan fingerprint density at radius 3 is 2.42 bits per heavy atom. The predicted molar refractivity (Wildman–Crippen MR) is 122 cm³/mol. The first-order valence-corrected chi connectivity index (χ1v) is 11.6. The van der Waals surface area contributed by atoms with Crippen LogP contribution in [0.3, 0.4) is 0 Å². The summed E-state index contributed by atoms with van der Waals surface area (Å²) >= 11 is 0. The first-order valence-electron chi connectivity index (χ1n) is 11.6. The van der Waals surface area contributed by atoms with Crippen molar-refractivity contribution >= 4 is 11.7 Å². The molecule has 2 fully saturated rings. The number of benzene rings is 1. The summed E-state index contributed by atoms with van der Waals surface area (Å²) in [6, 6.07) is 10.7. The van der Waals surface area contributed by atoms with E-state index in [1.54, 1.807) is 0 Å². The summed E-state index contributed by atoms with van der Waals surface area (Å²) in [5.74, 6) is 1.25. The number of carbonyl (C=O) groups excluding carboxylic acids is 2. The molecule has 2 aromatic rings. The van der Waals surface area contributed by atoms with E-state index >= 15 is 0 Å².